The summed E-state index contributed by atoms with van der Waals surface area (Å²) < 4.78 is 5.37. The molecule has 2 N–H and O–H groups in total. The fraction of sp³-hybridized carbons (Fsp3) is 0.350. The Kier molecular flexibility index (Phi) is 8.60. The smallest absolute Gasteiger partial charge is 0.408 e. The Hall–Kier alpha value is -1.90. The van der Waals surface area contributed by atoms with E-state index >= 15 is 0 Å². The second-order valence-corrected chi connectivity index (χ2v) is 7.02. The number of hydrogen-bond acceptors (Lipinski definition) is 3. The number of rotatable bonds is 4. The molecule has 0 aromatic heterocycles. The summed E-state index contributed by atoms with van der Waals surface area (Å²) in [7, 11) is -0.237. The van der Waals surface area contributed by atoms with E-state index in [1.54, 1.807) is 0 Å². The third kappa shape index (κ3) is 7.25. The minimum absolute atomic E-state index is 0.237. The van der Waals surface area contributed by atoms with Gasteiger partial charge in [0.25, 0.3) is 0 Å². The van der Waals surface area contributed by atoms with Crippen molar-refractivity contribution >= 4 is 20.2 Å². The number of carbonyl (C=O) groups excluding carboxylic acids is 1. The second-order valence-electron chi connectivity index (χ2n) is 6.22. The van der Waals surface area contributed by atoms with Crippen LogP contribution in [0.25, 0.3) is 0 Å². The fourth-order valence-electron chi connectivity index (χ4n) is 2.18. The Morgan fingerprint density at radius 1 is 1.00 bits per heavy atom. The van der Waals surface area contributed by atoms with Gasteiger partial charge in [-0.2, -0.15) is 0 Å². The van der Waals surface area contributed by atoms with Crippen LogP contribution < -0.4 is 10.6 Å². The predicted molar refractivity (Wildman–Crippen MR) is 106 cm³/mol. The summed E-state index contributed by atoms with van der Waals surface area (Å²) in [5.74, 6) is 0. The van der Waals surface area contributed by atoms with Crippen LogP contribution in [0, 0.1) is 0 Å². The van der Waals surface area contributed by atoms with E-state index < -0.39 is 11.7 Å². The Bertz CT molecular complexity index is 636. The number of amides is 1. The average molecular weight is 361 g/mol. The van der Waals surface area contributed by atoms with Crippen LogP contribution in [0.15, 0.2) is 54.6 Å². The van der Waals surface area contributed by atoms with Gasteiger partial charge in [-0.15, -0.1) is 0 Å². The lowest BCUT2D eigenvalue weighted by Gasteiger charge is -2.24. The topological polar surface area (TPSA) is 58.6 Å². The van der Waals surface area contributed by atoms with Crippen molar-refractivity contribution < 1.29 is 14.4 Å². The van der Waals surface area contributed by atoms with E-state index in [1.807, 2.05) is 89.2 Å². The largest absolute Gasteiger partial charge is 0.444 e. The van der Waals surface area contributed by atoms with Crippen molar-refractivity contribution in [3.05, 3.63) is 65.7 Å². The van der Waals surface area contributed by atoms with Crippen molar-refractivity contribution in [3.63, 3.8) is 0 Å². The molecule has 0 radical (unpaired) electrons. The molecule has 0 saturated carbocycles. The third-order valence-corrected chi connectivity index (χ3v) is 3.76. The zero-order valence-electron chi connectivity index (χ0n) is 15.5. The summed E-state index contributed by atoms with van der Waals surface area (Å²) in [4.78, 5) is 21.4. The van der Waals surface area contributed by atoms with Crippen molar-refractivity contribution in [3.8, 4) is 0 Å². The van der Waals surface area contributed by atoms with Crippen LogP contribution in [0.3, 0.4) is 0 Å². The number of nitrogens with one attached hydrogen (secondary N) is 1. The quantitative estimate of drug-likeness (QED) is 0.786. The van der Waals surface area contributed by atoms with Gasteiger partial charge in [0.1, 0.15) is 5.60 Å². The van der Waals surface area contributed by atoms with Crippen molar-refractivity contribution in [2.75, 3.05) is 0 Å². The van der Waals surface area contributed by atoms with Crippen LogP contribution in [0.5, 0.6) is 0 Å². The highest BCUT2D eigenvalue weighted by molar-refractivity contribution is 7.40. The van der Waals surface area contributed by atoms with Crippen LogP contribution in [-0.2, 0) is 4.74 Å². The maximum Gasteiger partial charge on any atom is 0.408 e. The Morgan fingerprint density at radius 3 is 2.00 bits per heavy atom. The van der Waals surface area contributed by atoms with Crippen LogP contribution in [0.4, 0.5) is 4.79 Å². The maximum atomic E-state index is 12.2. The molecule has 2 rings (SSSR count). The van der Waals surface area contributed by atoms with E-state index in [0.717, 1.165) is 16.4 Å². The molecular weight excluding hydrogens is 333 g/mol. The first-order valence-corrected chi connectivity index (χ1v) is 9.38. The van der Waals surface area contributed by atoms with Crippen molar-refractivity contribution in [2.45, 2.75) is 46.3 Å². The van der Waals surface area contributed by atoms with Crippen LogP contribution in [-0.4, -0.2) is 16.6 Å². The summed E-state index contributed by atoms with van der Waals surface area (Å²) in [6.07, 6.45) is -0.459. The standard InChI is InChI=1S/C18H22NO3P.C2H6/c1-18(2,3)22-17(20)19-16(13-7-5-4-6-8-13)14-9-11-15(23-21)12-10-14;1-2/h4-12,16,21,23H,1-3H3,(H,19,20);1-2H3. The summed E-state index contributed by atoms with van der Waals surface area (Å²) in [6, 6.07) is 17.0. The molecule has 0 heterocycles. The van der Waals surface area contributed by atoms with Crippen LogP contribution in [0.2, 0.25) is 0 Å². The van der Waals surface area contributed by atoms with E-state index in [9.17, 15) is 9.69 Å². The van der Waals surface area contributed by atoms with Gasteiger partial charge in [0.05, 0.1) is 6.04 Å². The molecule has 1 amide bonds. The average Bonchev–Trinajstić information content (AvgIpc) is 2.61. The molecule has 0 fully saturated rings. The van der Waals surface area contributed by atoms with Gasteiger partial charge in [-0.05, 0) is 37.2 Å². The minimum Gasteiger partial charge on any atom is -0.444 e. The molecule has 0 aliphatic carbocycles. The Morgan fingerprint density at radius 2 is 1.52 bits per heavy atom. The monoisotopic (exact) mass is 361 g/mol. The van der Waals surface area contributed by atoms with Gasteiger partial charge < -0.3 is 14.9 Å². The third-order valence-electron chi connectivity index (χ3n) is 3.17. The van der Waals surface area contributed by atoms with Gasteiger partial charge in [0, 0.05) is 8.81 Å². The van der Waals surface area contributed by atoms with E-state index in [2.05, 4.69) is 5.32 Å². The van der Waals surface area contributed by atoms with E-state index in [4.69, 9.17) is 4.74 Å². The highest BCUT2D eigenvalue weighted by Gasteiger charge is 2.21. The molecule has 0 saturated heterocycles. The van der Waals surface area contributed by atoms with Gasteiger partial charge in [-0.1, -0.05) is 68.4 Å². The molecule has 0 aliphatic heterocycles. The molecule has 25 heavy (non-hydrogen) atoms. The molecular formula is C20H28NO3P. The second kappa shape index (κ2) is 10.2. The highest BCUT2D eigenvalue weighted by atomic mass is 31.1. The molecule has 2 aromatic carbocycles. The first-order valence-electron chi connectivity index (χ1n) is 8.43. The summed E-state index contributed by atoms with van der Waals surface area (Å²) in [5.41, 5.74) is 1.36. The molecule has 0 bridgehead atoms. The zero-order chi connectivity index (χ0) is 18.9. The van der Waals surface area contributed by atoms with Crippen molar-refractivity contribution in [1.29, 1.82) is 0 Å². The number of alkyl carbamates (subject to hydrolysis) is 1. The predicted octanol–water partition coefficient (Wildman–Crippen LogP) is 4.54. The fourth-order valence-corrected chi connectivity index (χ4v) is 2.50. The first kappa shape index (κ1) is 21.1. The highest BCUT2D eigenvalue weighted by Crippen LogP contribution is 2.23. The van der Waals surface area contributed by atoms with E-state index in [-0.39, 0.29) is 14.8 Å². The van der Waals surface area contributed by atoms with Crippen molar-refractivity contribution in [1.82, 2.24) is 5.32 Å². The Labute approximate surface area is 152 Å². The molecule has 5 heteroatoms. The van der Waals surface area contributed by atoms with E-state index in [1.165, 1.54) is 0 Å². The van der Waals surface area contributed by atoms with Crippen LogP contribution >= 0.6 is 8.81 Å². The summed E-state index contributed by atoms with van der Waals surface area (Å²) in [6.45, 7) is 9.50. The van der Waals surface area contributed by atoms with Gasteiger partial charge in [0.2, 0.25) is 0 Å². The zero-order valence-corrected chi connectivity index (χ0v) is 16.5. The van der Waals surface area contributed by atoms with Crippen LogP contribution in [0.1, 0.15) is 51.8 Å². The molecule has 2 atom stereocenters. The lowest BCUT2D eigenvalue weighted by molar-refractivity contribution is 0.0512. The molecule has 0 aliphatic rings. The number of hydrogen-bond donors (Lipinski definition) is 2. The SMILES string of the molecule is CC.CC(C)(C)OC(=O)NC(c1ccccc1)c1ccc(PO)cc1. The summed E-state index contributed by atoms with van der Waals surface area (Å²) in [5, 5.41) is 3.78. The van der Waals surface area contributed by atoms with E-state index in [0.29, 0.717) is 0 Å². The lowest BCUT2D eigenvalue weighted by Crippen LogP contribution is -2.35. The molecule has 0 spiro atoms. The Balaban J connectivity index is 0.00000151. The first-order chi connectivity index (χ1) is 11.9. The normalized spacial score (nSPS) is 12.2. The number of benzene rings is 2. The van der Waals surface area contributed by atoms with Gasteiger partial charge in [0.15, 0.2) is 0 Å². The maximum absolute atomic E-state index is 12.2. The van der Waals surface area contributed by atoms with Gasteiger partial charge in [-0.25, -0.2) is 4.79 Å². The molecule has 2 unspecified atom stereocenters. The van der Waals surface area contributed by atoms with Gasteiger partial charge in [-0.3, -0.25) is 0 Å². The number of ether oxygens (including phenoxy) is 1. The van der Waals surface area contributed by atoms with Gasteiger partial charge >= 0.3 is 6.09 Å². The summed E-state index contributed by atoms with van der Waals surface area (Å²) >= 11 is 0. The molecule has 136 valence electrons. The van der Waals surface area contributed by atoms with Crippen molar-refractivity contribution in [2.24, 2.45) is 0 Å². The lowest BCUT2D eigenvalue weighted by atomic mass is 9.99. The minimum atomic E-state index is -0.548. The number of carbonyl (C=O) groups is 1. The molecule has 2 aromatic rings. The molecule has 4 nitrogen and oxygen atoms in total.